The van der Waals surface area contributed by atoms with Gasteiger partial charge in [-0.05, 0) is 25.8 Å². The number of ether oxygens (including phenoxy) is 2. The Kier molecular flexibility index (Phi) is 4.69. The lowest BCUT2D eigenvalue weighted by Crippen LogP contribution is -2.20. The van der Waals surface area contributed by atoms with Crippen LogP contribution in [0.1, 0.15) is 38.2 Å². The number of aliphatic imine (C=N–C) groups is 1. The lowest BCUT2D eigenvalue weighted by atomic mass is 9.88. The number of halogens is 1. The first-order valence-electron chi connectivity index (χ1n) is 6.76. The van der Waals surface area contributed by atoms with Crippen molar-refractivity contribution in [3.8, 4) is 11.5 Å². The van der Waals surface area contributed by atoms with Crippen LogP contribution in [-0.2, 0) is 10.3 Å². The molecule has 0 heterocycles. The maximum absolute atomic E-state index is 10.8. The van der Waals surface area contributed by atoms with E-state index in [9.17, 15) is 4.79 Å². The molecule has 20 heavy (non-hydrogen) atoms. The number of carbonyl (C=O) groups excluding carboxylic acids is 1. The monoisotopic (exact) mass is 295 g/mol. The van der Waals surface area contributed by atoms with Crippen molar-refractivity contribution in [2.24, 2.45) is 4.99 Å². The fourth-order valence-electron chi connectivity index (χ4n) is 2.82. The van der Waals surface area contributed by atoms with Gasteiger partial charge in [-0.15, -0.1) is 0 Å². The van der Waals surface area contributed by atoms with Gasteiger partial charge >= 0.3 is 0 Å². The lowest BCUT2D eigenvalue weighted by Gasteiger charge is -2.26. The van der Waals surface area contributed by atoms with Crippen molar-refractivity contribution in [1.29, 1.82) is 0 Å². The van der Waals surface area contributed by atoms with Crippen molar-refractivity contribution >= 4 is 17.7 Å². The van der Waals surface area contributed by atoms with Crippen LogP contribution in [0.2, 0.25) is 5.02 Å². The van der Waals surface area contributed by atoms with E-state index < -0.39 is 5.54 Å². The molecule has 0 atom stereocenters. The Hall–Kier alpha value is -1.51. The molecule has 0 N–H and O–H groups in total. The molecule has 1 aromatic rings. The van der Waals surface area contributed by atoms with E-state index >= 15 is 0 Å². The molecule has 0 unspecified atom stereocenters. The predicted octanol–water partition coefficient (Wildman–Crippen LogP) is 3.85. The van der Waals surface area contributed by atoms with Crippen molar-refractivity contribution in [1.82, 2.24) is 0 Å². The normalized spacial score (nSPS) is 16.6. The first-order chi connectivity index (χ1) is 9.66. The zero-order valence-corrected chi connectivity index (χ0v) is 12.5. The Morgan fingerprint density at radius 2 is 2.05 bits per heavy atom. The van der Waals surface area contributed by atoms with Crippen molar-refractivity contribution in [3.63, 3.8) is 0 Å². The molecule has 1 saturated carbocycles. The third kappa shape index (κ3) is 2.67. The summed E-state index contributed by atoms with van der Waals surface area (Å²) in [5.74, 6) is 1.23. The molecule has 0 radical (unpaired) electrons. The fourth-order valence-corrected chi connectivity index (χ4v) is 3.06. The number of hydrogen-bond acceptors (Lipinski definition) is 4. The molecule has 2 rings (SSSR count). The highest BCUT2D eigenvalue weighted by molar-refractivity contribution is 6.32. The first-order valence-corrected chi connectivity index (χ1v) is 7.14. The maximum Gasteiger partial charge on any atom is 0.235 e. The molecule has 4 nitrogen and oxygen atoms in total. The van der Waals surface area contributed by atoms with E-state index in [0.717, 1.165) is 31.2 Å². The smallest absolute Gasteiger partial charge is 0.235 e. The molecule has 0 bridgehead atoms. The van der Waals surface area contributed by atoms with Crippen molar-refractivity contribution in [3.05, 3.63) is 22.7 Å². The Morgan fingerprint density at radius 1 is 1.35 bits per heavy atom. The van der Waals surface area contributed by atoms with Gasteiger partial charge in [0.05, 0.1) is 18.7 Å². The molecule has 1 fully saturated rings. The lowest BCUT2D eigenvalue weighted by molar-refractivity contribution is 0.319. The summed E-state index contributed by atoms with van der Waals surface area (Å²) < 4.78 is 10.9. The average molecular weight is 296 g/mol. The van der Waals surface area contributed by atoms with Crippen LogP contribution in [0.5, 0.6) is 11.5 Å². The highest BCUT2D eigenvalue weighted by atomic mass is 35.5. The summed E-state index contributed by atoms with van der Waals surface area (Å²) in [6.07, 6.45) is 5.39. The van der Waals surface area contributed by atoms with Gasteiger partial charge in [-0.3, -0.25) is 0 Å². The van der Waals surface area contributed by atoms with Gasteiger partial charge in [0.2, 0.25) is 6.08 Å². The zero-order chi connectivity index (χ0) is 14.6. The van der Waals surface area contributed by atoms with Crippen LogP contribution < -0.4 is 9.47 Å². The summed E-state index contributed by atoms with van der Waals surface area (Å²) in [6.45, 7) is 2.44. The van der Waals surface area contributed by atoms with Gasteiger partial charge in [-0.1, -0.05) is 24.4 Å². The van der Waals surface area contributed by atoms with Gasteiger partial charge in [-0.25, -0.2) is 4.79 Å². The Balaban J connectivity index is 2.58. The summed E-state index contributed by atoms with van der Waals surface area (Å²) in [6, 6.07) is 3.57. The minimum atomic E-state index is -0.553. The van der Waals surface area contributed by atoms with E-state index in [-0.39, 0.29) is 0 Å². The quantitative estimate of drug-likeness (QED) is 0.612. The number of methoxy groups -OCH3 is 1. The fraction of sp³-hybridized carbons (Fsp3) is 0.533. The molecule has 1 aromatic carbocycles. The zero-order valence-electron chi connectivity index (χ0n) is 11.7. The molecule has 0 spiro atoms. The summed E-state index contributed by atoms with van der Waals surface area (Å²) in [7, 11) is 1.56. The number of hydrogen-bond donors (Lipinski definition) is 0. The van der Waals surface area contributed by atoms with Crippen LogP contribution in [0.15, 0.2) is 17.1 Å². The van der Waals surface area contributed by atoms with Crippen LogP contribution in [0.3, 0.4) is 0 Å². The van der Waals surface area contributed by atoms with Crippen molar-refractivity contribution < 1.29 is 14.3 Å². The van der Waals surface area contributed by atoms with Crippen LogP contribution in [0.25, 0.3) is 0 Å². The van der Waals surface area contributed by atoms with E-state index in [1.807, 2.05) is 6.92 Å². The van der Waals surface area contributed by atoms with Gasteiger partial charge in [0.1, 0.15) is 17.0 Å². The minimum Gasteiger partial charge on any atom is -0.495 e. The molecule has 1 aliphatic carbocycles. The van der Waals surface area contributed by atoms with E-state index in [1.165, 1.54) is 0 Å². The van der Waals surface area contributed by atoms with E-state index in [2.05, 4.69) is 4.99 Å². The van der Waals surface area contributed by atoms with E-state index in [4.69, 9.17) is 21.1 Å². The van der Waals surface area contributed by atoms with Gasteiger partial charge in [0, 0.05) is 11.6 Å². The summed E-state index contributed by atoms with van der Waals surface area (Å²) in [4.78, 5) is 14.9. The molecule has 108 valence electrons. The number of rotatable bonds is 5. The highest BCUT2D eigenvalue weighted by Gasteiger charge is 2.38. The van der Waals surface area contributed by atoms with Gasteiger partial charge in [-0.2, -0.15) is 4.99 Å². The van der Waals surface area contributed by atoms with Crippen LogP contribution in [0.4, 0.5) is 0 Å². The Labute approximate surface area is 123 Å². The second-order valence-electron chi connectivity index (χ2n) is 4.86. The SMILES string of the molecule is CCOc1cc(OC)c(Cl)cc1C1(N=C=O)CCCC1. The first kappa shape index (κ1) is 14.9. The maximum atomic E-state index is 10.8. The third-order valence-corrected chi connectivity index (χ3v) is 4.04. The Morgan fingerprint density at radius 3 is 2.60 bits per heavy atom. The molecular formula is C15H18ClNO3. The number of benzene rings is 1. The van der Waals surface area contributed by atoms with Crippen LogP contribution in [-0.4, -0.2) is 19.8 Å². The van der Waals surface area contributed by atoms with Crippen LogP contribution in [0, 0.1) is 0 Å². The standard InChI is InChI=1S/C15H18ClNO3/c1-3-20-13-9-14(19-2)12(16)8-11(13)15(17-10-18)6-4-5-7-15/h8-9H,3-7H2,1-2H3. The molecular weight excluding hydrogens is 278 g/mol. The topological polar surface area (TPSA) is 47.9 Å². The van der Waals surface area contributed by atoms with Gasteiger partial charge < -0.3 is 9.47 Å². The molecule has 0 amide bonds. The highest BCUT2D eigenvalue weighted by Crippen LogP contribution is 2.48. The summed E-state index contributed by atoms with van der Waals surface area (Å²) in [5, 5.41) is 0.498. The largest absolute Gasteiger partial charge is 0.495 e. The second kappa shape index (κ2) is 6.29. The van der Waals surface area contributed by atoms with Crippen molar-refractivity contribution in [2.75, 3.05) is 13.7 Å². The molecule has 1 aliphatic rings. The van der Waals surface area contributed by atoms with E-state index in [0.29, 0.717) is 23.1 Å². The molecule has 0 aromatic heterocycles. The number of nitrogens with zero attached hydrogens (tertiary/aromatic N) is 1. The number of isocyanates is 1. The third-order valence-electron chi connectivity index (χ3n) is 3.75. The summed E-state index contributed by atoms with van der Waals surface area (Å²) >= 11 is 6.22. The molecule has 5 heteroatoms. The van der Waals surface area contributed by atoms with E-state index in [1.54, 1.807) is 25.3 Å². The Bertz CT molecular complexity index is 532. The molecule has 0 aliphatic heterocycles. The summed E-state index contributed by atoms with van der Waals surface area (Å²) in [5.41, 5.74) is 0.299. The van der Waals surface area contributed by atoms with Gasteiger partial charge in [0.25, 0.3) is 0 Å². The minimum absolute atomic E-state index is 0.498. The molecule has 0 saturated heterocycles. The van der Waals surface area contributed by atoms with Gasteiger partial charge in [0.15, 0.2) is 0 Å². The predicted molar refractivity (Wildman–Crippen MR) is 77.4 cm³/mol. The van der Waals surface area contributed by atoms with Crippen LogP contribution >= 0.6 is 11.6 Å². The van der Waals surface area contributed by atoms with Crippen molar-refractivity contribution in [2.45, 2.75) is 38.1 Å². The average Bonchev–Trinajstić information content (AvgIpc) is 2.90. The second-order valence-corrected chi connectivity index (χ2v) is 5.26.